The molecule has 0 atom stereocenters. The average Bonchev–Trinajstić information content (AvgIpc) is 3.18. The van der Waals surface area contributed by atoms with Crippen molar-refractivity contribution < 1.29 is 14.9 Å². The van der Waals surface area contributed by atoms with E-state index in [-0.39, 0.29) is 12.2 Å². The Bertz CT molecular complexity index is 1500. The number of hydrogen-bond acceptors (Lipinski definition) is 5. The number of rotatable bonds is 4. The van der Waals surface area contributed by atoms with Crippen LogP contribution in [0.2, 0.25) is 0 Å². The summed E-state index contributed by atoms with van der Waals surface area (Å²) in [5, 5.41) is 10.9. The van der Waals surface area contributed by atoms with Gasteiger partial charge >= 0.3 is 5.69 Å². The lowest BCUT2D eigenvalue weighted by atomic mass is 10.1. The standard InChI is InChI=1S/C22H17N4O4/c1-30-26(29)16-9-7-15(8-10-16)25-21-20(17-4-2-3-5-18(17)22(25)28)23-19-11-6-14(13-27)12-24(19)21/h2-12,27H,13H2,1H3/q+1. The minimum atomic E-state index is -0.201. The van der Waals surface area contributed by atoms with Gasteiger partial charge in [-0.1, -0.05) is 24.3 Å². The van der Waals surface area contributed by atoms with Crippen LogP contribution in [0.5, 0.6) is 0 Å². The van der Waals surface area contributed by atoms with Crippen LogP contribution >= 0.6 is 0 Å². The molecule has 0 radical (unpaired) electrons. The van der Waals surface area contributed by atoms with Crippen LogP contribution in [-0.4, -0.2) is 31.1 Å². The largest absolute Gasteiger partial charge is 0.392 e. The maximum absolute atomic E-state index is 13.5. The fraction of sp³-hybridized carbons (Fsp3) is 0.0909. The zero-order chi connectivity index (χ0) is 20.8. The van der Waals surface area contributed by atoms with Crippen molar-refractivity contribution in [2.24, 2.45) is 0 Å². The highest BCUT2D eigenvalue weighted by Gasteiger charge is 2.19. The van der Waals surface area contributed by atoms with Gasteiger partial charge in [-0.3, -0.25) is 13.8 Å². The molecule has 0 amide bonds. The smallest absolute Gasteiger partial charge is 0.316 e. The van der Waals surface area contributed by atoms with Crippen molar-refractivity contribution in [1.82, 2.24) is 14.0 Å². The Morgan fingerprint density at radius 3 is 2.47 bits per heavy atom. The number of fused-ring (bicyclic) bond motifs is 5. The van der Waals surface area contributed by atoms with E-state index in [1.165, 1.54) is 7.11 Å². The summed E-state index contributed by atoms with van der Waals surface area (Å²) >= 11 is 0. The minimum Gasteiger partial charge on any atom is -0.392 e. The van der Waals surface area contributed by atoms with Gasteiger partial charge in [0.2, 0.25) is 0 Å². The maximum atomic E-state index is 13.5. The summed E-state index contributed by atoms with van der Waals surface area (Å²) < 4.78 is 3.38. The minimum absolute atomic E-state index is 0.127. The van der Waals surface area contributed by atoms with Gasteiger partial charge in [0.15, 0.2) is 12.8 Å². The predicted molar refractivity (Wildman–Crippen MR) is 112 cm³/mol. The third-order valence-corrected chi connectivity index (χ3v) is 5.15. The summed E-state index contributed by atoms with van der Waals surface area (Å²) in [6.45, 7) is -0.127. The molecule has 1 N–H and O–H groups in total. The van der Waals surface area contributed by atoms with Crippen LogP contribution in [0.3, 0.4) is 0 Å². The lowest BCUT2D eigenvalue weighted by Gasteiger charge is -2.11. The van der Waals surface area contributed by atoms with E-state index in [4.69, 9.17) is 4.98 Å². The van der Waals surface area contributed by atoms with Crippen molar-refractivity contribution in [1.29, 1.82) is 0 Å². The van der Waals surface area contributed by atoms with E-state index in [2.05, 4.69) is 4.84 Å². The summed E-state index contributed by atoms with van der Waals surface area (Å²) in [7, 11) is 1.29. The highest BCUT2D eigenvalue weighted by atomic mass is 16.8. The first-order valence-corrected chi connectivity index (χ1v) is 9.29. The van der Waals surface area contributed by atoms with Crippen molar-refractivity contribution in [3.63, 3.8) is 0 Å². The second kappa shape index (κ2) is 6.78. The lowest BCUT2D eigenvalue weighted by Crippen LogP contribution is -2.20. The number of nitrogens with zero attached hydrogens (tertiary/aromatic N) is 4. The van der Waals surface area contributed by atoms with Crippen molar-refractivity contribution in [3.05, 3.63) is 87.7 Å². The van der Waals surface area contributed by atoms with Crippen LogP contribution in [0.15, 0.2) is 71.7 Å². The normalized spacial score (nSPS) is 11.4. The summed E-state index contributed by atoms with van der Waals surface area (Å²) in [6, 6.07) is 17.5. The molecule has 3 heterocycles. The molecular weight excluding hydrogens is 384 g/mol. The molecule has 2 aromatic carbocycles. The molecule has 0 unspecified atom stereocenters. The molecule has 8 heteroatoms. The average molecular weight is 401 g/mol. The van der Waals surface area contributed by atoms with Crippen LogP contribution in [0, 0.1) is 4.91 Å². The highest BCUT2D eigenvalue weighted by molar-refractivity contribution is 6.04. The monoisotopic (exact) mass is 401 g/mol. The first-order valence-electron chi connectivity index (χ1n) is 9.29. The Balaban J connectivity index is 1.93. The molecule has 0 spiro atoms. The van der Waals surface area contributed by atoms with E-state index in [9.17, 15) is 14.8 Å². The molecular formula is C22H17N4O4+. The SMILES string of the molecule is CO[N+](=O)c1ccc(-n2c(=O)c3ccccc3c3nc4ccc(CO)cn4c32)cc1. The van der Waals surface area contributed by atoms with Gasteiger partial charge in [0.25, 0.3) is 10.5 Å². The molecule has 5 aromatic rings. The van der Waals surface area contributed by atoms with Crippen molar-refractivity contribution in [2.45, 2.75) is 6.61 Å². The maximum Gasteiger partial charge on any atom is 0.316 e. The van der Waals surface area contributed by atoms with Crippen molar-refractivity contribution >= 4 is 33.3 Å². The molecule has 0 saturated heterocycles. The number of hydrogen-bond donors (Lipinski definition) is 1. The molecule has 0 aliphatic rings. The Kier molecular flexibility index (Phi) is 4.07. The predicted octanol–water partition coefficient (Wildman–Crippen LogP) is 3.26. The number of imidazole rings is 1. The zero-order valence-corrected chi connectivity index (χ0v) is 16.0. The Morgan fingerprint density at radius 1 is 1.03 bits per heavy atom. The molecule has 0 aliphatic heterocycles. The molecule has 5 rings (SSSR count). The molecule has 0 aliphatic carbocycles. The summed E-state index contributed by atoms with van der Waals surface area (Å²) in [5.41, 5.74) is 3.31. The number of aliphatic hydroxyl groups excluding tert-OH is 1. The lowest BCUT2D eigenvalue weighted by molar-refractivity contribution is -0.736. The molecule has 0 fully saturated rings. The fourth-order valence-electron chi connectivity index (χ4n) is 3.73. The van der Waals surface area contributed by atoms with Gasteiger partial charge in [0, 0.05) is 29.1 Å². The van der Waals surface area contributed by atoms with Crippen LogP contribution in [0.1, 0.15) is 5.56 Å². The van der Waals surface area contributed by atoms with Crippen LogP contribution in [0.4, 0.5) is 5.69 Å². The van der Waals surface area contributed by atoms with E-state index >= 15 is 0 Å². The molecule has 0 saturated carbocycles. The van der Waals surface area contributed by atoms with Gasteiger partial charge in [0.05, 0.1) is 17.2 Å². The number of aliphatic hydroxyl groups is 1. The molecule has 0 bridgehead atoms. The quantitative estimate of drug-likeness (QED) is 0.467. The van der Waals surface area contributed by atoms with Crippen LogP contribution < -0.4 is 5.56 Å². The molecule has 148 valence electrons. The second-order valence-corrected chi connectivity index (χ2v) is 6.85. The topological polar surface area (TPSA) is 88.8 Å². The number of benzene rings is 2. The van der Waals surface area contributed by atoms with E-state index in [1.54, 1.807) is 51.6 Å². The van der Waals surface area contributed by atoms with E-state index in [1.807, 2.05) is 24.3 Å². The summed E-state index contributed by atoms with van der Waals surface area (Å²) in [6.07, 6.45) is 1.77. The van der Waals surface area contributed by atoms with Gasteiger partial charge in [-0.05, 0) is 29.8 Å². The first-order chi connectivity index (χ1) is 14.6. The van der Waals surface area contributed by atoms with Gasteiger partial charge in [-0.15, -0.1) is 0 Å². The molecule has 8 nitrogen and oxygen atoms in total. The molecule has 3 aromatic heterocycles. The van der Waals surface area contributed by atoms with Crippen molar-refractivity contribution in [3.8, 4) is 5.69 Å². The Labute approximate surface area is 169 Å². The van der Waals surface area contributed by atoms with Crippen LogP contribution in [-0.2, 0) is 11.4 Å². The van der Waals surface area contributed by atoms with Crippen molar-refractivity contribution in [2.75, 3.05) is 7.11 Å². The molecule has 30 heavy (non-hydrogen) atoms. The van der Waals surface area contributed by atoms with Gasteiger partial charge < -0.3 is 5.11 Å². The van der Waals surface area contributed by atoms with Gasteiger partial charge in [-0.2, -0.15) is 0 Å². The highest BCUT2D eigenvalue weighted by Crippen LogP contribution is 2.27. The fourth-order valence-corrected chi connectivity index (χ4v) is 3.73. The second-order valence-electron chi connectivity index (χ2n) is 6.85. The summed E-state index contributed by atoms with van der Waals surface area (Å²) in [4.78, 5) is 35.0. The zero-order valence-electron chi connectivity index (χ0n) is 16.0. The number of aromatic nitrogens is 3. The number of pyridine rings is 2. The first kappa shape index (κ1) is 18.0. The van der Waals surface area contributed by atoms with E-state index < -0.39 is 0 Å². The third kappa shape index (κ3) is 2.58. The Hall–Kier alpha value is -4.04. The third-order valence-electron chi connectivity index (χ3n) is 5.15. The van der Waals surface area contributed by atoms with Gasteiger partial charge in [-0.25, -0.2) is 9.82 Å². The Morgan fingerprint density at radius 2 is 1.77 bits per heavy atom. The van der Waals surface area contributed by atoms with E-state index in [0.29, 0.717) is 44.1 Å². The van der Waals surface area contributed by atoms with E-state index in [0.717, 1.165) is 5.39 Å². The van der Waals surface area contributed by atoms with Gasteiger partial charge in [0.1, 0.15) is 11.2 Å². The van der Waals surface area contributed by atoms with Crippen LogP contribution in [0.25, 0.3) is 33.3 Å². The summed E-state index contributed by atoms with van der Waals surface area (Å²) in [5.74, 6) is 0.